The lowest BCUT2D eigenvalue weighted by atomic mass is 10.2. The first-order chi connectivity index (χ1) is 16.2. The minimum absolute atomic E-state index is 0.356. The fraction of sp³-hybridized carbons (Fsp3) is 0.318. The molecule has 2 aliphatic rings. The second-order valence-electron chi connectivity index (χ2n) is 7.95. The van der Waals surface area contributed by atoms with E-state index in [1.165, 1.54) is 15.6 Å². The SMILES string of the molecule is N#Cc1cnc2c(NC3CC3)cc(Nc3ccc(N4CCOCC4)c(N(C=N)C=N)c3)nn12. The summed E-state index contributed by atoms with van der Waals surface area (Å²) in [5.74, 6) is 0.557. The maximum atomic E-state index is 9.44. The summed E-state index contributed by atoms with van der Waals surface area (Å²) in [6, 6.07) is 10.2. The molecule has 1 aliphatic carbocycles. The molecule has 3 heterocycles. The van der Waals surface area contributed by atoms with Crippen LogP contribution in [0.15, 0.2) is 30.5 Å². The molecule has 0 amide bonds. The van der Waals surface area contributed by atoms with E-state index in [1.54, 1.807) is 0 Å². The van der Waals surface area contributed by atoms with Crippen molar-refractivity contribution in [3.05, 3.63) is 36.2 Å². The van der Waals surface area contributed by atoms with Crippen molar-refractivity contribution in [1.82, 2.24) is 14.6 Å². The van der Waals surface area contributed by atoms with Crippen LogP contribution in [-0.4, -0.2) is 59.6 Å². The van der Waals surface area contributed by atoms with Crippen molar-refractivity contribution in [2.75, 3.05) is 46.7 Å². The highest BCUT2D eigenvalue weighted by Crippen LogP contribution is 2.34. The molecule has 1 aromatic carbocycles. The summed E-state index contributed by atoms with van der Waals surface area (Å²) in [6.07, 6.45) is 5.97. The van der Waals surface area contributed by atoms with Gasteiger partial charge < -0.3 is 20.3 Å². The fourth-order valence-corrected chi connectivity index (χ4v) is 3.86. The molecule has 11 nitrogen and oxygen atoms in total. The van der Waals surface area contributed by atoms with Crippen LogP contribution in [0.3, 0.4) is 0 Å². The van der Waals surface area contributed by atoms with Crippen molar-refractivity contribution in [1.29, 1.82) is 16.1 Å². The first-order valence-electron chi connectivity index (χ1n) is 10.8. The molecule has 2 fully saturated rings. The number of fused-ring (bicyclic) bond motifs is 1. The van der Waals surface area contributed by atoms with Gasteiger partial charge in [-0.1, -0.05) is 0 Å². The van der Waals surface area contributed by atoms with E-state index in [0.29, 0.717) is 42.1 Å². The molecule has 4 N–H and O–H groups in total. The maximum Gasteiger partial charge on any atom is 0.178 e. The van der Waals surface area contributed by atoms with Crippen molar-refractivity contribution in [2.24, 2.45) is 0 Å². The number of anilines is 5. The highest BCUT2D eigenvalue weighted by atomic mass is 16.5. The van der Waals surface area contributed by atoms with E-state index < -0.39 is 0 Å². The van der Waals surface area contributed by atoms with Gasteiger partial charge in [-0.25, -0.2) is 4.98 Å². The number of rotatable bonds is 8. The van der Waals surface area contributed by atoms with E-state index in [0.717, 1.165) is 55.7 Å². The second-order valence-corrected chi connectivity index (χ2v) is 7.95. The van der Waals surface area contributed by atoms with Gasteiger partial charge in [0, 0.05) is 30.9 Å². The highest BCUT2D eigenvalue weighted by molar-refractivity contribution is 6.02. The Morgan fingerprint density at radius 2 is 1.97 bits per heavy atom. The molecule has 1 saturated heterocycles. The van der Waals surface area contributed by atoms with Gasteiger partial charge in [-0.2, -0.15) is 9.78 Å². The monoisotopic (exact) mass is 444 g/mol. The summed E-state index contributed by atoms with van der Waals surface area (Å²) in [7, 11) is 0. The molecular weight excluding hydrogens is 420 g/mol. The van der Waals surface area contributed by atoms with Crippen LogP contribution >= 0.6 is 0 Å². The van der Waals surface area contributed by atoms with Gasteiger partial charge in [0.2, 0.25) is 0 Å². The highest BCUT2D eigenvalue weighted by Gasteiger charge is 2.23. The third-order valence-electron chi connectivity index (χ3n) is 5.68. The standard InChI is InChI=1S/C22H24N10O/c23-11-17-12-26-22-18(27-15-1-2-15)10-21(29-32(17)22)28-16-3-4-19(30-5-7-33-8-6-30)20(9-16)31(13-24)14-25/h3-4,9-10,12-15,24-25,27H,1-2,5-8H2,(H,28,29). The Morgan fingerprint density at radius 1 is 1.18 bits per heavy atom. The van der Waals surface area contributed by atoms with Crippen LogP contribution < -0.4 is 20.4 Å². The number of nitrogens with one attached hydrogen (secondary N) is 4. The molecular formula is C22H24N10O. The van der Waals surface area contributed by atoms with E-state index in [2.05, 4.69) is 31.7 Å². The van der Waals surface area contributed by atoms with E-state index in [-0.39, 0.29) is 0 Å². The molecule has 168 valence electrons. The Morgan fingerprint density at radius 3 is 2.67 bits per heavy atom. The number of hydrogen-bond acceptors (Lipinski definition) is 9. The Bertz CT molecular complexity index is 1230. The zero-order valence-electron chi connectivity index (χ0n) is 18.0. The topological polar surface area (TPSA) is 141 Å². The number of benzene rings is 1. The molecule has 11 heteroatoms. The number of nitriles is 1. The number of aromatic nitrogens is 3. The van der Waals surface area contributed by atoms with E-state index >= 15 is 0 Å². The quantitative estimate of drug-likeness (QED) is 0.307. The van der Waals surface area contributed by atoms with Gasteiger partial charge in [-0.15, -0.1) is 5.10 Å². The maximum absolute atomic E-state index is 9.44. The van der Waals surface area contributed by atoms with Crippen LogP contribution in [0.25, 0.3) is 5.65 Å². The van der Waals surface area contributed by atoms with Crippen LogP contribution in [-0.2, 0) is 4.74 Å². The minimum Gasteiger partial charge on any atom is -0.379 e. The number of imidazole rings is 1. The molecule has 3 aromatic rings. The molecule has 5 rings (SSSR count). The van der Waals surface area contributed by atoms with E-state index in [4.69, 9.17) is 15.6 Å². The lowest BCUT2D eigenvalue weighted by Crippen LogP contribution is -2.37. The first kappa shape index (κ1) is 20.7. The van der Waals surface area contributed by atoms with Gasteiger partial charge in [0.05, 0.1) is 49.1 Å². The van der Waals surface area contributed by atoms with Crippen LogP contribution in [0.4, 0.5) is 28.6 Å². The van der Waals surface area contributed by atoms with Gasteiger partial charge >= 0.3 is 0 Å². The Kier molecular flexibility index (Phi) is 5.50. The summed E-state index contributed by atoms with van der Waals surface area (Å²) in [4.78, 5) is 8.00. The van der Waals surface area contributed by atoms with Gasteiger partial charge in [0.25, 0.3) is 0 Å². The summed E-state index contributed by atoms with van der Waals surface area (Å²) in [5.41, 5.74) is 4.18. The smallest absolute Gasteiger partial charge is 0.178 e. The van der Waals surface area contributed by atoms with Crippen molar-refractivity contribution >= 4 is 46.9 Å². The largest absolute Gasteiger partial charge is 0.379 e. The normalized spacial score (nSPS) is 15.7. The lowest BCUT2D eigenvalue weighted by molar-refractivity contribution is 0.123. The predicted octanol–water partition coefficient (Wildman–Crippen LogP) is 2.78. The number of hydrogen-bond donors (Lipinski definition) is 4. The molecule has 0 spiro atoms. The van der Waals surface area contributed by atoms with Crippen LogP contribution in [0, 0.1) is 22.1 Å². The minimum atomic E-state index is 0.356. The molecule has 1 saturated carbocycles. The summed E-state index contributed by atoms with van der Waals surface area (Å²) < 4.78 is 7.00. The van der Waals surface area contributed by atoms with Crippen molar-refractivity contribution < 1.29 is 4.74 Å². The molecule has 0 unspecified atom stereocenters. The number of nitrogens with zero attached hydrogens (tertiary/aromatic N) is 6. The van der Waals surface area contributed by atoms with E-state index in [9.17, 15) is 5.26 Å². The van der Waals surface area contributed by atoms with E-state index in [1.807, 2.05) is 24.3 Å². The van der Waals surface area contributed by atoms with Gasteiger partial charge in [0.15, 0.2) is 17.2 Å². The average molecular weight is 445 g/mol. The van der Waals surface area contributed by atoms with Crippen LogP contribution in [0.2, 0.25) is 0 Å². The molecule has 0 radical (unpaired) electrons. The first-order valence-corrected chi connectivity index (χ1v) is 10.8. The third-order valence-corrected chi connectivity index (χ3v) is 5.68. The molecule has 2 aromatic heterocycles. The number of ether oxygens (including phenoxy) is 1. The van der Waals surface area contributed by atoms with Crippen molar-refractivity contribution in [2.45, 2.75) is 18.9 Å². The molecule has 33 heavy (non-hydrogen) atoms. The number of morpholine rings is 1. The fourth-order valence-electron chi connectivity index (χ4n) is 3.86. The zero-order valence-corrected chi connectivity index (χ0v) is 18.0. The summed E-state index contributed by atoms with van der Waals surface area (Å²) >= 11 is 0. The second kappa shape index (κ2) is 8.76. The average Bonchev–Trinajstić information content (AvgIpc) is 3.56. The molecule has 0 atom stereocenters. The van der Waals surface area contributed by atoms with Crippen molar-refractivity contribution in [3.8, 4) is 6.07 Å². The summed E-state index contributed by atoms with van der Waals surface area (Å²) in [6.45, 7) is 2.77. The molecule has 0 bridgehead atoms. The van der Waals surface area contributed by atoms with Crippen molar-refractivity contribution in [3.63, 3.8) is 0 Å². The summed E-state index contributed by atoms with van der Waals surface area (Å²) in [5, 5.41) is 36.3. The predicted molar refractivity (Wildman–Crippen MR) is 127 cm³/mol. The van der Waals surface area contributed by atoms with Crippen LogP contribution in [0.5, 0.6) is 0 Å². The van der Waals surface area contributed by atoms with Crippen LogP contribution in [0.1, 0.15) is 18.5 Å². The zero-order chi connectivity index (χ0) is 22.8. The van der Waals surface area contributed by atoms with Gasteiger partial charge in [0.1, 0.15) is 6.07 Å². The van der Waals surface area contributed by atoms with Gasteiger partial charge in [-0.3, -0.25) is 15.7 Å². The third kappa shape index (κ3) is 4.16. The van der Waals surface area contributed by atoms with Gasteiger partial charge in [-0.05, 0) is 31.0 Å². The molecule has 1 aliphatic heterocycles. The Balaban J connectivity index is 1.51. The Labute approximate surface area is 190 Å². The lowest BCUT2D eigenvalue weighted by Gasteiger charge is -2.32. The Hall–Kier alpha value is -4.17.